The van der Waals surface area contributed by atoms with E-state index in [1.165, 1.54) is 0 Å². The van der Waals surface area contributed by atoms with Crippen LogP contribution in [0.3, 0.4) is 0 Å². The Kier molecular flexibility index (Phi) is 6.84. The lowest BCUT2D eigenvalue weighted by Crippen LogP contribution is -2.45. The second-order valence-corrected chi connectivity index (χ2v) is 5.53. The van der Waals surface area contributed by atoms with E-state index >= 15 is 0 Å². The third-order valence-corrected chi connectivity index (χ3v) is 3.53. The van der Waals surface area contributed by atoms with Crippen LogP contribution in [-0.4, -0.2) is 47.1 Å². The Morgan fingerprint density at radius 1 is 1.32 bits per heavy atom. The van der Waals surface area contributed by atoms with Gasteiger partial charge in [-0.3, -0.25) is 9.59 Å². The molecular weight excluding hydrogens is 244 g/mol. The van der Waals surface area contributed by atoms with E-state index in [9.17, 15) is 9.59 Å². The SMILES string of the molecule is CC(C)NCCC(=O)N1CCCCC1CCC(=O)O. The summed E-state index contributed by atoms with van der Waals surface area (Å²) >= 11 is 0. The number of hydrogen-bond acceptors (Lipinski definition) is 3. The molecule has 5 nitrogen and oxygen atoms in total. The zero-order valence-corrected chi connectivity index (χ0v) is 12.0. The number of aliphatic carboxylic acids is 1. The van der Waals surface area contributed by atoms with Gasteiger partial charge in [-0.05, 0) is 25.7 Å². The van der Waals surface area contributed by atoms with Gasteiger partial charge in [-0.2, -0.15) is 0 Å². The van der Waals surface area contributed by atoms with Crippen LogP contribution in [0.2, 0.25) is 0 Å². The Labute approximate surface area is 115 Å². The normalized spacial score (nSPS) is 19.7. The largest absolute Gasteiger partial charge is 0.481 e. The monoisotopic (exact) mass is 270 g/mol. The molecular formula is C14H26N2O3. The van der Waals surface area contributed by atoms with Gasteiger partial charge in [-0.15, -0.1) is 0 Å². The third-order valence-electron chi connectivity index (χ3n) is 3.53. The molecule has 1 unspecified atom stereocenters. The van der Waals surface area contributed by atoms with Gasteiger partial charge in [0.2, 0.25) is 5.91 Å². The van der Waals surface area contributed by atoms with Gasteiger partial charge in [0.1, 0.15) is 0 Å². The van der Waals surface area contributed by atoms with Crippen LogP contribution in [0.5, 0.6) is 0 Å². The zero-order valence-electron chi connectivity index (χ0n) is 12.0. The van der Waals surface area contributed by atoms with Crippen LogP contribution < -0.4 is 5.32 Å². The van der Waals surface area contributed by atoms with Gasteiger partial charge in [0.05, 0.1) is 0 Å². The Morgan fingerprint density at radius 2 is 2.05 bits per heavy atom. The zero-order chi connectivity index (χ0) is 14.3. The molecule has 0 spiro atoms. The van der Waals surface area contributed by atoms with Crippen LogP contribution in [-0.2, 0) is 9.59 Å². The number of nitrogens with one attached hydrogen (secondary N) is 1. The van der Waals surface area contributed by atoms with E-state index in [4.69, 9.17) is 5.11 Å². The van der Waals surface area contributed by atoms with Crippen LogP contribution in [0.25, 0.3) is 0 Å². The number of rotatable bonds is 7. The van der Waals surface area contributed by atoms with E-state index < -0.39 is 5.97 Å². The second-order valence-electron chi connectivity index (χ2n) is 5.53. The molecule has 0 aromatic rings. The average Bonchev–Trinajstić information content (AvgIpc) is 2.36. The number of likely N-dealkylation sites (tertiary alicyclic amines) is 1. The topological polar surface area (TPSA) is 69.6 Å². The predicted octanol–water partition coefficient (Wildman–Crippen LogP) is 1.62. The van der Waals surface area contributed by atoms with E-state index in [0.717, 1.165) is 25.8 Å². The van der Waals surface area contributed by atoms with E-state index in [1.807, 2.05) is 4.90 Å². The molecule has 1 rings (SSSR count). The number of hydrogen-bond donors (Lipinski definition) is 2. The Bertz CT molecular complexity index is 305. The fourth-order valence-corrected chi connectivity index (χ4v) is 2.53. The maximum absolute atomic E-state index is 12.2. The predicted molar refractivity (Wildman–Crippen MR) is 74.0 cm³/mol. The van der Waals surface area contributed by atoms with Crippen LogP contribution >= 0.6 is 0 Å². The van der Waals surface area contributed by atoms with Crippen molar-refractivity contribution in [2.75, 3.05) is 13.1 Å². The highest BCUT2D eigenvalue weighted by Gasteiger charge is 2.26. The lowest BCUT2D eigenvalue weighted by atomic mass is 9.97. The van der Waals surface area contributed by atoms with Gasteiger partial charge in [-0.25, -0.2) is 0 Å². The summed E-state index contributed by atoms with van der Waals surface area (Å²) in [7, 11) is 0. The van der Waals surface area contributed by atoms with Crippen LogP contribution in [0.4, 0.5) is 0 Å². The van der Waals surface area contributed by atoms with Gasteiger partial charge >= 0.3 is 5.97 Å². The van der Waals surface area contributed by atoms with Crippen molar-refractivity contribution in [3.05, 3.63) is 0 Å². The minimum Gasteiger partial charge on any atom is -0.481 e. The number of carboxylic acids is 1. The van der Waals surface area contributed by atoms with Crippen molar-refractivity contribution in [2.45, 2.75) is 64.5 Å². The molecule has 1 fully saturated rings. The Hall–Kier alpha value is -1.10. The van der Waals surface area contributed by atoms with Crippen LogP contribution in [0.1, 0.15) is 52.4 Å². The summed E-state index contributed by atoms with van der Waals surface area (Å²) in [6, 6.07) is 0.508. The van der Waals surface area contributed by atoms with Gasteiger partial charge in [-0.1, -0.05) is 13.8 Å². The first-order chi connectivity index (χ1) is 9.00. The maximum Gasteiger partial charge on any atom is 0.303 e. The molecule has 1 amide bonds. The summed E-state index contributed by atoms with van der Waals surface area (Å²) < 4.78 is 0. The van der Waals surface area contributed by atoms with Crippen LogP contribution in [0.15, 0.2) is 0 Å². The van der Waals surface area contributed by atoms with Crippen molar-refractivity contribution in [3.63, 3.8) is 0 Å². The van der Waals surface area contributed by atoms with Gasteiger partial charge in [0, 0.05) is 38.0 Å². The fourth-order valence-electron chi connectivity index (χ4n) is 2.53. The molecule has 1 aliphatic heterocycles. The highest BCUT2D eigenvalue weighted by molar-refractivity contribution is 5.77. The van der Waals surface area contributed by atoms with E-state index in [-0.39, 0.29) is 18.4 Å². The second kappa shape index (κ2) is 8.15. The summed E-state index contributed by atoms with van der Waals surface area (Å²) in [6.07, 6.45) is 4.31. The van der Waals surface area contributed by atoms with Crippen molar-refractivity contribution in [2.24, 2.45) is 0 Å². The van der Waals surface area contributed by atoms with Crippen molar-refractivity contribution in [1.29, 1.82) is 0 Å². The van der Waals surface area contributed by atoms with Gasteiger partial charge < -0.3 is 15.3 Å². The number of amides is 1. The lowest BCUT2D eigenvalue weighted by molar-refractivity contribution is -0.140. The number of carboxylic acid groups (broad SMARTS) is 1. The van der Waals surface area contributed by atoms with Crippen molar-refractivity contribution >= 4 is 11.9 Å². The highest BCUT2D eigenvalue weighted by Crippen LogP contribution is 2.21. The smallest absolute Gasteiger partial charge is 0.303 e. The van der Waals surface area contributed by atoms with Crippen LogP contribution in [0, 0.1) is 0 Å². The summed E-state index contributed by atoms with van der Waals surface area (Å²) in [5.41, 5.74) is 0. The quantitative estimate of drug-likeness (QED) is 0.737. The lowest BCUT2D eigenvalue weighted by Gasteiger charge is -2.36. The summed E-state index contributed by atoms with van der Waals surface area (Å²) in [6.45, 7) is 5.59. The minimum absolute atomic E-state index is 0.122. The molecule has 0 aromatic heterocycles. The van der Waals surface area contributed by atoms with Gasteiger partial charge in [0.25, 0.3) is 0 Å². The van der Waals surface area contributed by atoms with E-state index in [0.29, 0.717) is 25.4 Å². The number of piperidine rings is 1. The highest BCUT2D eigenvalue weighted by atomic mass is 16.4. The molecule has 110 valence electrons. The van der Waals surface area contributed by atoms with E-state index in [2.05, 4.69) is 19.2 Å². The first kappa shape index (κ1) is 16.0. The number of carbonyl (C=O) groups is 2. The first-order valence-electron chi connectivity index (χ1n) is 7.25. The standard InChI is InChI=1S/C14H26N2O3/c1-11(2)15-9-8-13(17)16-10-4-3-5-12(16)6-7-14(18)19/h11-12,15H,3-10H2,1-2H3,(H,18,19). The minimum atomic E-state index is -0.778. The molecule has 0 aliphatic carbocycles. The maximum atomic E-state index is 12.2. The Balaban J connectivity index is 2.41. The molecule has 1 heterocycles. The number of carbonyl (C=O) groups excluding carboxylic acids is 1. The third kappa shape index (κ3) is 6.05. The van der Waals surface area contributed by atoms with E-state index in [1.54, 1.807) is 0 Å². The molecule has 5 heteroatoms. The van der Waals surface area contributed by atoms with Crippen molar-refractivity contribution in [3.8, 4) is 0 Å². The molecule has 0 aromatic carbocycles. The Morgan fingerprint density at radius 3 is 2.68 bits per heavy atom. The molecule has 19 heavy (non-hydrogen) atoms. The number of nitrogens with zero attached hydrogens (tertiary/aromatic N) is 1. The molecule has 1 aliphatic rings. The molecule has 0 bridgehead atoms. The summed E-state index contributed by atoms with van der Waals surface area (Å²) in [5.74, 6) is -0.623. The van der Waals surface area contributed by atoms with Crippen molar-refractivity contribution < 1.29 is 14.7 Å². The molecule has 0 radical (unpaired) electrons. The molecule has 2 N–H and O–H groups in total. The first-order valence-corrected chi connectivity index (χ1v) is 7.25. The fraction of sp³-hybridized carbons (Fsp3) is 0.857. The molecule has 1 atom stereocenters. The summed E-state index contributed by atoms with van der Waals surface area (Å²) in [4.78, 5) is 24.7. The van der Waals surface area contributed by atoms with Gasteiger partial charge in [0.15, 0.2) is 0 Å². The summed E-state index contributed by atoms with van der Waals surface area (Å²) in [5, 5.41) is 12.0. The van der Waals surface area contributed by atoms with Crippen molar-refractivity contribution in [1.82, 2.24) is 10.2 Å². The average molecular weight is 270 g/mol. The molecule has 1 saturated heterocycles. The molecule has 0 saturated carbocycles.